The summed E-state index contributed by atoms with van der Waals surface area (Å²) in [6.45, 7) is 1.88. The summed E-state index contributed by atoms with van der Waals surface area (Å²) in [5.41, 5.74) is 3.08. The lowest BCUT2D eigenvalue weighted by Crippen LogP contribution is -2.24. The van der Waals surface area contributed by atoms with E-state index in [-0.39, 0.29) is 24.6 Å². The lowest BCUT2D eigenvalue weighted by atomic mass is 10.1. The highest BCUT2D eigenvalue weighted by Gasteiger charge is 2.37. The second-order valence-electron chi connectivity index (χ2n) is 7.79. The van der Waals surface area contributed by atoms with Gasteiger partial charge in [-0.3, -0.25) is 19.7 Å². The third-order valence-corrected chi connectivity index (χ3v) is 5.56. The van der Waals surface area contributed by atoms with Crippen molar-refractivity contribution in [3.05, 3.63) is 63.8 Å². The van der Waals surface area contributed by atoms with Crippen molar-refractivity contribution in [2.45, 2.75) is 26.0 Å². The molecule has 0 spiro atoms. The fourth-order valence-corrected chi connectivity index (χ4v) is 3.89. The van der Waals surface area contributed by atoms with Crippen LogP contribution in [0.1, 0.15) is 23.7 Å². The van der Waals surface area contributed by atoms with Crippen LogP contribution < -0.4 is 15.4 Å². The van der Waals surface area contributed by atoms with Gasteiger partial charge in [0.1, 0.15) is 17.6 Å². The van der Waals surface area contributed by atoms with Crippen molar-refractivity contribution < 1.29 is 24.0 Å². The van der Waals surface area contributed by atoms with Gasteiger partial charge < -0.3 is 20.1 Å². The number of benzene rings is 2. The molecule has 2 heterocycles. The molecule has 0 saturated carbocycles. The first-order valence-corrected chi connectivity index (χ1v) is 10.4. The monoisotopic (exact) mass is 465 g/mol. The van der Waals surface area contributed by atoms with Crippen LogP contribution in [0.4, 0.5) is 17.2 Å². The standard InChI is InChI=1S/C23H23N5O6/c1-13-10-15(28(31)32)6-9-17(13)24-20(29)11-19-23(30)25-22-21(18(12-33-2)26-27(19)22)14-4-7-16(34-3)8-5-14/h4-10,19H,11-12H2,1-3H3,(H,24,29)(H,25,30). The minimum atomic E-state index is -0.851. The number of carbonyl (C=O) groups excluding carboxylic acids is 2. The van der Waals surface area contributed by atoms with Crippen molar-refractivity contribution in [2.24, 2.45) is 0 Å². The summed E-state index contributed by atoms with van der Waals surface area (Å²) in [6, 6.07) is 10.7. The highest BCUT2D eigenvalue weighted by Crippen LogP contribution is 2.39. The lowest BCUT2D eigenvalue weighted by Gasteiger charge is -2.11. The third kappa shape index (κ3) is 4.33. The number of nitrogens with one attached hydrogen (secondary N) is 2. The number of ether oxygens (including phenoxy) is 2. The third-order valence-electron chi connectivity index (χ3n) is 5.56. The maximum Gasteiger partial charge on any atom is 0.269 e. The van der Waals surface area contributed by atoms with Crippen LogP contribution in [0.15, 0.2) is 42.5 Å². The van der Waals surface area contributed by atoms with Crippen LogP contribution in [0.3, 0.4) is 0 Å². The number of aromatic nitrogens is 2. The summed E-state index contributed by atoms with van der Waals surface area (Å²) in [5.74, 6) is 0.420. The second-order valence-corrected chi connectivity index (χ2v) is 7.79. The molecule has 1 unspecified atom stereocenters. The number of hydrogen-bond acceptors (Lipinski definition) is 7. The first-order valence-electron chi connectivity index (χ1n) is 10.4. The van der Waals surface area contributed by atoms with Gasteiger partial charge in [-0.1, -0.05) is 12.1 Å². The number of hydrogen-bond donors (Lipinski definition) is 2. The quantitative estimate of drug-likeness (QED) is 0.384. The van der Waals surface area contributed by atoms with E-state index in [4.69, 9.17) is 9.47 Å². The molecule has 11 heteroatoms. The zero-order valence-corrected chi connectivity index (χ0v) is 18.8. The number of rotatable bonds is 8. The first kappa shape index (κ1) is 22.9. The molecule has 0 fully saturated rings. The number of fused-ring (bicyclic) bond motifs is 1. The van der Waals surface area contributed by atoms with Crippen LogP contribution in [0, 0.1) is 17.0 Å². The Kier molecular flexibility index (Phi) is 6.28. The molecule has 34 heavy (non-hydrogen) atoms. The zero-order chi connectivity index (χ0) is 24.4. The Bertz CT molecular complexity index is 1270. The van der Waals surface area contributed by atoms with E-state index in [1.165, 1.54) is 22.9 Å². The van der Waals surface area contributed by atoms with E-state index in [0.717, 1.165) is 5.56 Å². The van der Waals surface area contributed by atoms with Gasteiger partial charge >= 0.3 is 0 Å². The van der Waals surface area contributed by atoms with Gasteiger partial charge in [-0.25, -0.2) is 4.68 Å². The Labute approximate surface area is 194 Å². The van der Waals surface area contributed by atoms with Crippen LogP contribution >= 0.6 is 0 Å². The maximum atomic E-state index is 12.7. The van der Waals surface area contributed by atoms with E-state index in [1.807, 2.05) is 24.3 Å². The van der Waals surface area contributed by atoms with E-state index in [0.29, 0.717) is 34.1 Å². The molecule has 2 N–H and O–H groups in total. The Balaban J connectivity index is 1.59. The van der Waals surface area contributed by atoms with E-state index >= 15 is 0 Å². The van der Waals surface area contributed by atoms with Gasteiger partial charge in [0.15, 0.2) is 0 Å². The van der Waals surface area contributed by atoms with Crippen molar-refractivity contribution in [1.29, 1.82) is 0 Å². The number of aryl methyl sites for hydroxylation is 1. The van der Waals surface area contributed by atoms with Gasteiger partial charge in [0.05, 0.1) is 30.8 Å². The largest absolute Gasteiger partial charge is 0.497 e. The molecule has 2 amide bonds. The number of carbonyl (C=O) groups is 2. The molecule has 11 nitrogen and oxygen atoms in total. The summed E-state index contributed by atoms with van der Waals surface area (Å²) in [5, 5.41) is 21.1. The molecule has 3 aromatic rings. The van der Waals surface area contributed by atoms with Crippen LogP contribution in [0.2, 0.25) is 0 Å². The van der Waals surface area contributed by atoms with Crippen molar-refractivity contribution in [3.63, 3.8) is 0 Å². The van der Waals surface area contributed by atoms with Crippen molar-refractivity contribution in [1.82, 2.24) is 9.78 Å². The van der Waals surface area contributed by atoms with E-state index in [9.17, 15) is 19.7 Å². The molecule has 2 aromatic carbocycles. The summed E-state index contributed by atoms with van der Waals surface area (Å²) in [4.78, 5) is 35.9. The van der Waals surface area contributed by atoms with Crippen LogP contribution in [0.5, 0.6) is 5.75 Å². The number of amides is 2. The molecule has 0 bridgehead atoms. The Morgan fingerprint density at radius 1 is 1.24 bits per heavy atom. The normalized spacial score (nSPS) is 14.4. The molecular formula is C23H23N5O6. The first-order chi connectivity index (χ1) is 16.3. The zero-order valence-electron chi connectivity index (χ0n) is 18.8. The second kappa shape index (κ2) is 9.32. The molecule has 0 saturated heterocycles. The van der Waals surface area contributed by atoms with Crippen LogP contribution in [0.25, 0.3) is 11.1 Å². The van der Waals surface area contributed by atoms with Gasteiger partial charge in [-0.15, -0.1) is 0 Å². The minimum Gasteiger partial charge on any atom is -0.497 e. The Morgan fingerprint density at radius 3 is 2.59 bits per heavy atom. The number of methoxy groups -OCH3 is 2. The number of nitro groups is 1. The van der Waals surface area contributed by atoms with Crippen LogP contribution in [-0.4, -0.2) is 40.7 Å². The molecule has 176 valence electrons. The van der Waals surface area contributed by atoms with Gasteiger partial charge in [-0.05, 0) is 36.2 Å². The highest BCUT2D eigenvalue weighted by molar-refractivity contribution is 6.04. The summed E-state index contributed by atoms with van der Waals surface area (Å²) in [6.07, 6.45) is -0.161. The predicted octanol–water partition coefficient (Wildman–Crippen LogP) is 3.44. The van der Waals surface area contributed by atoms with E-state index in [2.05, 4.69) is 15.7 Å². The lowest BCUT2D eigenvalue weighted by molar-refractivity contribution is -0.384. The number of nitrogens with zero attached hydrogens (tertiary/aromatic N) is 3. The fourth-order valence-electron chi connectivity index (χ4n) is 3.89. The molecule has 1 aliphatic heterocycles. The number of nitro benzene ring substituents is 1. The maximum absolute atomic E-state index is 12.7. The van der Waals surface area contributed by atoms with Gasteiger partial charge in [-0.2, -0.15) is 5.10 Å². The number of non-ortho nitro benzene ring substituents is 1. The van der Waals surface area contributed by atoms with Crippen molar-refractivity contribution in [3.8, 4) is 16.9 Å². The molecule has 1 aliphatic rings. The summed E-state index contributed by atoms with van der Waals surface area (Å²) < 4.78 is 12.0. The van der Waals surface area contributed by atoms with E-state index < -0.39 is 16.9 Å². The molecule has 0 radical (unpaired) electrons. The SMILES string of the molecule is COCc1nn2c(c1-c1ccc(OC)cc1)NC(=O)C2CC(=O)Nc1ccc([N+](=O)[O-])cc1C. The molecule has 1 atom stereocenters. The van der Waals surface area contributed by atoms with E-state index in [1.54, 1.807) is 21.1 Å². The number of anilines is 2. The van der Waals surface area contributed by atoms with Crippen LogP contribution in [-0.2, 0) is 20.9 Å². The highest BCUT2D eigenvalue weighted by atomic mass is 16.6. The molecular weight excluding hydrogens is 442 g/mol. The summed E-state index contributed by atoms with van der Waals surface area (Å²) >= 11 is 0. The smallest absolute Gasteiger partial charge is 0.269 e. The Morgan fingerprint density at radius 2 is 1.97 bits per heavy atom. The average molecular weight is 465 g/mol. The topological polar surface area (TPSA) is 138 Å². The minimum absolute atomic E-state index is 0.0661. The van der Waals surface area contributed by atoms with Crippen molar-refractivity contribution in [2.75, 3.05) is 24.9 Å². The Hall–Kier alpha value is -4.25. The van der Waals surface area contributed by atoms with Gasteiger partial charge in [0.2, 0.25) is 5.91 Å². The molecule has 4 rings (SSSR count). The predicted molar refractivity (Wildman–Crippen MR) is 124 cm³/mol. The summed E-state index contributed by atoms with van der Waals surface area (Å²) in [7, 11) is 3.13. The van der Waals surface area contributed by atoms with Gasteiger partial charge in [0.25, 0.3) is 11.6 Å². The molecule has 1 aromatic heterocycles. The van der Waals surface area contributed by atoms with Crippen molar-refractivity contribution >= 4 is 29.0 Å². The fraction of sp³-hybridized carbons (Fsp3) is 0.261. The average Bonchev–Trinajstić information content (AvgIpc) is 3.30. The molecule has 0 aliphatic carbocycles. The van der Waals surface area contributed by atoms with Gasteiger partial charge in [0, 0.05) is 30.5 Å².